The van der Waals surface area contributed by atoms with Gasteiger partial charge in [-0.15, -0.1) is 0 Å². The van der Waals surface area contributed by atoms with Gasteiger partial charge in [0.25, 0.3) is 0 Å². The van der Waals surface area contributed by atoms with Crippen molar-refractivity contribution >= 4 is 5.97 Å². The van der Waals surface area contributed by atoms with Crippen LogP contribution in [-0.4, -0.2) is 47.2 Å². The molecule has 0 spiro atoms. The van der Waals surface area contributed by atoms with Crippen LogP contribution in [0.2, 0.25) is 0 Å². The third kappa shape index (κ3) is 5.91. The monoisotopic (exact) mass is 270 g/mol. The second kappa shape index (κ2) is 8.54. The zero-order valence-electron chi connectivity index (χ0n) is 12.7. The summed E-state index contributed by atoms with van der Waals surface area (Å²) >= 11 is 0. The second-order valence-electron chi connectivity index (χ2n) is 5.98. The molecule has 19 heavy (non-hydrogen) atoms. The molecular formula is C15H30N2O2. The fourth-order valence-corrected chi connectivity index (χ4v) is 2.99. The number of carbonyl (C=O) groups is 1. The molecule has 0 saturated carbocycles. The maximum atomic E-state index is 11.2. The first kappa shape index (κ1) is 16.4. The largest absolute Gasteiger partial charge is 0.480 e. The minimum absolute atomic E-state index is 0.217. The van der Waals surface area contributed by atoms with E-state index in [2.05, 4.69) is 17.1 Å². The summed E-state index contributed by atoms with van der Waals surface area (Å²) < 4.78 is 0. The summed E-state index contributed by atoms with van der Waals surface area (Å²) in [7, 11) is 0. The Morgan fingerprint density at radius 3 is 2.74 bits per heavy atom. The van der Waals surface area contributed by atoms with Crippen LogP contribution in [-0.2, 0) is 4.79 Å². The predicted molar refractivity (Wildman–Crippen MR) is 78.4 cm³/mol. The predicted octanol–water partition coefficient (Wildman–Crippen LogP) is 2.48. The van der Waals surface area contributed by atoms with Gasteiger partial charge in [-0.05, 0) is 32.2 Å². The van der Waals surface area contributed by atoms with Gasteiger partial charge in [0.1, 0.15) is 6.04 Å². The number of carboxylic acids is 1. The van der Waals surface area contributed by atoms with E-state index in [0.717, 1.165) is 13.1 Å². The Bertz CT molecular complexity index is 267. The summed E-state index contributed by atoms with van der Waals surface area (Å²) in [6.45, 7) is 8.26. The highest BCUT2D eigenvalue weighted by Gasteiger charge is 2.24. The molecule has 1 rings (SSSR count). The number of piperidine rings is 1. The number of aliphatic carboxylic acids is 1. The lowest BCUT2D eigenvalue weighted by atomic mass is 9.97. The Hall–Kier alpha value is -0.610. The van der Waals surface area contributed by atoms with Crippen LogP contribution in [0.5, 0.6) is 0 Å². The molecule has 4 nitrogen and oxygen atoms in total. The van der Waals surface area contributed by atoms with Gasteiger partial charge in [-0.25, -0.2) is 0 Å². The molecule has 1 aliphatic rings. The quantitative estimate of drug-likeness (QED) is 0.711. The first-order valence-electron chi connectivity index (χ1n) is 7.77. The van der Waals surface area contributed by atoms with Crippen LogP contribution in [0.3, 0.4) is 0 Å². The molecule has 1 heterocycles. The van der Waals surface area contributed by atoms with Crippen molar-refractivity contribution in [3.63, 3.8) is 0 Å². The van der Waals surface area contributed by atoms with Crippen molar-refractivity contribution in [1.82, 2.24) is 10.2 Å². The smallest absolute Gasteiger partial charge is 0.320 e. The lowest BCUT2D eigenvalue weighted by Crippen LogP contribution is -2.46. The molecule has 0 aromatic heterocycles. The molecular weight excluding hydrogens is 240 g/mol. The number of hydrogen-bond acceptors (Lipinski definition) is 3. The minimum Gasteiger partial charge on any atom is -0.480 e. The fourth-order valence-electron chi connectivity index (χ4n) is 2.99. The molecule has 4 heteroatoms. The Labute approximate surface area is 117 Å². The average Bonchev–Trinajstić information content (AvgIpc) is 2.35. The van der Waals surface area contributed by atoms with E-state index in [0.29, 0.717) is 12.5 Å². The number of hydrogen-bond donors (Lipinski definition) is 2. The lowest BCUT2D eigenvalue weighted by molar-refractivity contribution is -0.140. The van der Waals surface area contributed by atoms with Gasteiger partial charge in [0.2, 0.25) is 0 Å². The molecule has 1 aliphatic heterocycles. The zero-order valence-corrected chi connectivity index (χ0v) is 12.7. The molecule has 0 aromatic rings. The van der Waals surface area contributed by atoms with Gasteiger partial charge in [-0.3, -0.25) is 4.79 Å². The average molecular weight is 270 g/mol. The summed E-state index contributed by atoms with van der Waals surface area (Å²) in [4.78, 5) is 13.7. The summed E-state index contributed by atoms with van der Waals surface area (Å²) in [5.41, 5.74) is 0. The van der Waals surface area contributed by atoms with Gasteiger partial charge in [0.05, 0.1) is 0 Å². The third-order valence-corrected chi connectivity index (χ3v) is 3.91. The molecule has 0 bridgehead atoms. The van der Waals surface area contributed by atoms with Crippen LogP contribution in [0.25, 0.3) is 0 Å². The van der Waals surface area contributed by atoms with Gasteiger partial charge in [-0.1, -0.05) is 33.6 Å². The highest BCUT2D eigenvalue weighted by molar-refractivity contribution is 5.73. The van der Waals surface area contributed by atoms with Crippen LogP contribution >= 0.6 is 0 Å². The van der Waals surface area contributed by atoms with Crippen molar-refractivity contribution in [2.45, 2.75) is 77.4 Å². The second-order valence-corrected chi connectivity index (χ2v) is 5.98. The van der Waals surface area contributed by atoms with Crippen molar-refractivity contribution in [2.75, 3.05) is 13.1 Å². The van der Waals surface area contributed by atoms with E-state index in [1.807, 2.05) is 13.8 Å². The molecule has 0 radical (unpaired) electrons. The molecule has 1 fully saturated rings. The highest BCUT2D eigenvalue weighted by Crippen LogP contribution is 2.21. The number of likely N-dealkylation sites (tertiary alicyclic amines) is 1. The standard InChI is InChI=1S/C15H30N2O2/c1-4-7-13-8-5-6-10-17(13)11-9-14(15(18)19)16-12(2)3/h12-14,16H,4-11H2,1-3H3,(H,18,19). The molecule has 1 saturated heterocycles. The van der Waals surface area contributed by atoms with Crippen LogP contribution in [0.15, 0.2) is 0 Å². The Morgan fingerprint density at radius 1 is 1.42 bits per heavy atom. The van der Waals surface area contributed by atoms with Gasteiger partial charge in [0, 0.05) is 18.6 Å². The van der Waals surface area contributed by atoms with Gasteiger partial charge < -0.3 is 15.3 Å². The lowest BCUT2D eigenvalue weighted by Gasteiger charge is -2.36. The Morgan fingerprint density at radius 2 is 2.16 bits per heavy atom. The van der Waals surface area contributed by atoms with Gasteiger partial charge in [-0.2, -0.15) is 0 Å². The van der Waals surface area contributed by atoms with E-state index in [1.165, 1.54) is 32.1 Å². The SMILES string of the molecule is CCCC1CCCCN1CCC(NC(C)C)C(=O)O. The molecule has 0 aliphatic carbocycles. The molecule has 2 atom stereocenters. The molecule has 0 aromatic carbocycles. The number of nitrogens with zero attached hydrogens (tertiary/aromatic N) is 1. The molecule has 2 N–H and O–H groups in total. The van der Waals surface area contributed by atoms with Crippen molar-refractivity contribution < 1.29 is 9.90 Å². The van der Waals surface area contributed by atoms with E-state index in [9.17, 15) is 9.90 Å². The minimum atomic E-state index is -0.724. The third-order valence-electron chi connectivity index (χ3n) is 3.91. The maximum Gasteiger partial charge on any atom is 0.320 e. The van der Waals surface area contributed by atoms with Crippen LogP contribution in [0.4, 0.5) is 0 Å². The summed E-state index contributed by atoms with van der Waals surface area (Å²) in [6.07, 6.45) is 7.03. The van der Waals surface area contributed by atoms with Gasteiger partial charge >= 0.3 is 5.97 Å². The maximum absolute atomic E-state index is 11.2. The zero-order chi connectivity index (χ0) is 14.3. The number of nitrogens with one attached hydrogen (secondary N) is 1. The normalized spacial score (nSPS) is 22.6. The summed E-state index contributed by atoms with van der Waals surface area (Å²) in [5, 5.41) is 12.4. The van der Waals surface area contributed by atoms with Crippen molar-refractivity contribution in [3.8, 4) is 0 Å². The Kier molecular flexibility index (Phi) is 7.39. The highest BCUT2D eigenvalue weighted by atomic mass is 16.4. The van der Waals surface area contributed by atoms with E-state index < -0.39 is 12.0 Å². The fraction of sp³-hybridized carbons (Fsp3) is 0.933. The van der Waals surface area contributed by atoms with Crippen molar-refractivity contribution in [3.05, 3.63) is 0 Å². The van der Waals surface area contributed by atoms with Crippen molar-refractivity contribution in [1.29, 1.82) is 0 Å². The van der Waals surface area contributed by atoms with E-state index in [4.69, 9.17) is 0 Å². The van der Waals surface area contributed by atoms with Crippen LogP contribution in [0.1, 0.15) is 59.3 Å². The summed E-state index contributed by atoms with van der Waals surface area (Å²) in [6, 6.07) is 0.477. The topological polar surface area (TPSA) is 52.6 Å². The van der Waals surface area contributed by atoms with E-state index in [1.54, 1.807) is 0 Å². The van der Waals surface area contributed by atoms with E-state index in [-0.39, 0.29) is 6.04 Å². The number of carboxylic acid groups (broad SMARTS) is 1. The molecule has 112 valence electrons. The van der Waals surface area contributed by atoms with Crippen LogP contribution < -0.4 is 5.32 Å². The molecule has 2 unspecified atom stereocenters. The first-order valence-corrected chi connectivity index (χ1v) is 7.77. The first-order chi connectivity index (χ1) is 9.04. The van der Waals surface area contributed by atoms with Crippen LogP contribution in [0, 0.1) is 0 Å². The van der Waals surface area contributed by atoms with Gasteiger partial charge in [0.15, 0.2) is 0 Å². The van der Waals surface area contributed by atoms with E-state index >= 15 is 0 Å². The Balaban J connectivity index is 2.44. The van der Waals surface area contributed by atoms with Crippen molar-refractivity contribution in [2.24, 2.45) is 0 Å². The number of rotatable bonds is 8. The molecule has 0 amide bonds. The summed E-state index contributed by atoms with van der Waals surface area (Å²) in [5.74, 6) is -0.724.